The van der Waals surface area contributed by atoms with Crippen LogP contribution in [0.2, 0.25) is 0 Å². The summed E-state index contributed by atoms with van der Waals surface area (Å²) in [4.78, 5) is 11.4. The molecule has 0 spiro atoms. The topological polar surface area (TPSA) is 68.2 Å². The highest BCUT2D eigenvalue weighted by molar-refractivity contribution is 5.99. The molecular formula is C16H21ClN4O2. The third kappa shape index (κ3) is 4.10. The number of rotatable bonds is 7. The number of aromatic nitrogens is 2. The van der Waals surface area contributed by atoms with E-state index in [9.17, 15) is 4.79 Å². The number of benzene rings is 1. The van der Waals surface area contributed by atoms with Crippen LogP contribution in [0.1, 0.15) is 5.56 Å². The Balaban J connectivity index is 0.00000192. The highest BCUT2D eigenvalue weighted by atomic mass is 35.5. The number of carbonyl (C=O) groups is 1. The number of hydrogen-bond donors (Lipinski definition) is 2. The van der Waals surface area contributed by atoms with Crippen LogP contribution in [0.3, 0.4) is 0 Å². The fourth-order valence-corrected chi connectivity index (χ4v) is 2.57. The lowest BCUT2D eigenvalue weighted by Crippen LogP contribution is -2.16. The van der Waals surface area contributed by atoms with Gasteiger partial charge in [-0.1, -0.05) is 6.07 Å². The van der Waals surface area contributed by atoms with E-state index in [1.807, 2.05) is 29.9 Å². The summed E-state index contributed by atoms with van der Waals surface area (Å²) in [6.07, 6.45) is 2.24. The van der Waals surface area contributed by atoms with Gasteiger partial charge in [-0.25, -0.2) is 0 Å². The van der Waals surface area contributed by atoms with Crippen molar-refractivity contribution in [2.75, 3.05) is 32.1 Å². The molecule has 0 saturated carbocycles. The predicted octanol–water partition coefficient (Wildman–Crippen LogP) is 1.70. The zero-order valence-corrected chi connectivity index (χ0v) is 13.9. The van der Waals surface area contributed by atoms with Crippen LogP contribution in [0, 0.1) is 0 Å². The molecule has 0 saturated heterocycles. The Kier molecular flexibility index (Phi) is 6.15. The Hall–Kier alpha value is -1.89. The number of nitrogens with one attached hydrogen (secondary N) is 2. The van der Waals surface area contributed by atoms with Gasteiger partial charge < -0.3 is 15.4 Å². The van der Waals surface area contributed by atoms with Crippen molar-refractivity contribution in [2.45, 2.75) is 13.0 Å². The van der Waals surface area contributed by atoms with Crippen molar-refractivity contribution in [1.82, 2.24) is 15.1 Å². The van der Waals surface area contributed by atoms with E-state index in [0.29, 0.717) is 26.2 Å². The van der Waals surface area contributed by atoms with Gasteiger partial charge in [-0.15, -0.1) is 12.4 Å². The van der Waals surface area contributed by atoms with E-state index in [1.165, 1.54) is 0 Å². The molecular weight excluding hydrogens is 316 g/mol. The second-order valence-electron chi connectivity index (χ2n) is 5.25. The van der Waals surface area contributed by atoms with E-state index >= 15 is 0 Å². The van der Waals surface area contributed by atoms with E-state index in [0.717, 1.165) is 29.1 Å². The Bertz CT molecular complexity index is 672. The van der Waals surface area contributed by atoms with Gasteiger partial charge in [0, 0.05) is 24.0 Å². The lowest BCUT2D eigenvalue weighted by molar-refractivity contribution is -0.115. The van der Waals surface area contributed by atoms with Gasteiger partial charge in [0.25, 0.3) is 0 Å². The number of carbonyl (C=O) groups excluding carboxylic acids is 1. The van der Waals surface area contributed by atoms with Crippen molar-refractivity contribution in [3.05, 3.63) is 36.0 Å². The Labute approximate surface area is 141 Å². The molecule has 7 heteroatoms. The summed E-state index contributed by atoms with van der Waals surface area (Å²) >= 11 is 0. The quantitative estimate of drug-likeness (QED) is 0.755. The molecule has 23 heavy (non-hydrogen) atoms. The number of fused-ring (bicyclic) bond motifs is 1. The van der Waals surface area contributed by atoms with Crippen LogP contribution in [0.15, 0.2) is 30.5 Å². The maximum Gasteiger partial charge on any atom is 0.228 e. The zero-order valence-electron chi connectivity index (χ0n) is 13.0. The Morgan fingerprint density at radius 3 is 3.04 bits per heavy atom. The van der Waals surface area contributed by atoms with E-state index < -0.39 is 0 Å². The molecule has 0 atom stereocenters. The van der Waals surface area contributed by atoms with E-state index in [4.69, 9.17) is 4.74 Å². The monoisotopic (exact) mass is 336 g/mol. The number of likely N-dealkylation sites (N-methyl/N-ethyl adjacent to an activating group) is 1. The first-order valence-corrected chi connectivity index (χ1v) is 7.45. The number of nitrogens with zero attached hydrogens (tertiary/aromatic N) is 2. The molecule has 1 amide bonds. The number of halogens is 1. The van der Waals surface area contributed by atoms with Gasteiger partial charge in [-0.2, -0.15) is 5.10 Å². The average Bonchev–Trinajstić information content (AvgIpc) is 3.11. The molecule has 3 rings (SSSR count). The summed E-state index contributed by atoms with van der Waals surface area (Å²) in [7, 11) is 1.91. The van der Waals surface area contributed by atoms with Crippen molar-refractivity contribution >= 4 is 24.0 Å². The van der Waals surface area contributed by atoms with Gasteiger partial charge in [-0.05, 0) is 30.8 Å². The molecule has 2 N–H and O–H groups in total. The molecule has 1 aromatic heterocycles. The van der Waals surface area contributed by atoms with Gasteiger partial charge in [0.2, 0.25) is 5.91 Å². The molecule has 0 aliphatic carbocycles. The van der Waals surface area contributed by atoms with Crippen molar-refractivity contribution in [3.8, 4) is 11.3 Å². The summed E-state index contributed by atoms with van der Waals surface area (Å²) < 4.78 is 7.48. The summed E-state index contributed by atoms with van der Waals surface area (Å²) in [5.74, 6) is 0.0543. The summed E-state index contributed by atoms with van der Waals surface area (Å²) in [5, 5.41) is 10.3. The van der Waals surface area contributed by atoms with Gasteiger partial charge in [0.1, 0.15) is 0 Å². The van der Waals surface area contributed by atoms with Crippen LogP contribution < -0.4 is 10.6 Å². The number of anilines is 1. The molecule has 0 radical (unpaired) electrons. The van der Waals surface area contributed by atoms with Crippen LogP contribution in [0.5, 0.6) is 0 Å². The minimum atomic E-state index is 0. The number of hydrogen-bond acceptors (Lipinski definition) is 4. The van der Waals surface area contributed by atoms with Gasteiger partial charge in [0.15, 0.2) is 0 Å². The predicted molar refractivity (Wildman–Crippen MR) is 92.0 cm³/mol. The van der Waals surface area contributed by atoms with Crippen molar-refractivity contribution in [1.29, 1.82) is 0 Å². The molecule has 2 heterocycles. The molecule has 1 aliphatic heterocycles. The van der Waals surface area contributed by atoms with Crippen LogP contribution >= 0.6 is 12.4 Å². The van der Waals surface area contributed by atoms with Gasteiger partial charge >= 0.3 is 0 Å². The SMILES string of the molecule is CNCCOCCn1nccc1-c1ccc2c(c1)CC(=O)N2.Cl. The smallest absolute Gasteiger partial charge is 0.228 e. The number of ether oxygens (including phenoxy) is 1. The molecule has 1 aliphatic rings. The molecule has 2 aromatic rings. The van der Waals surface area contributed by atoms with Crippen molar-refractivity contribution < 1.29 is 9.53 Å². The standard InChI is InChI=1S/C16H20N4O2.ClH/c1-17-6-8-22-9-7-20-15(4-5-18-20)12-2-3-14-13(10-12)11-16(21)19-14;/h2-5,10,17H,6-9,11H2,1H3,(H,19,21);1H. The first-order valence-electron chi connectivity index (χ1n) is 7.45. The third-order valence-corrected chi connectivity index (χ3v) is 3.69. The first kappa shape index (κ1) is 17.5. The largest absolute Gasteiger partial charge is 0.378 e. The van der Waals surface area contributed by atoms with E-state index in [-0.39, 0.29) is 18.3 Å². The fraction of sp³-hybridized carbons (Fsp3) is 0.375. The zero-order chi connectivity index (χ0) is 15.4. The minimum absolute atomic E-state index is 0. The van der Waals surface area contributed by atoms with Crippen LogP contribution in [0.25, 0.3) is 11.3 Å². The van der Waals surface area contributed by atoms with Crippen molar-refractivity contribution in [2.24, 2.45) is 0 Å². The normalized spacial score (nSPS) is 12.7. The molecule has 124 valence electrons. The molecule has 0 unspecified atom stereocenters. The maximum atomic E-state index is 11.4. The molecule has 0 bridgehead atoms. The van der Waals surface area contributed by atoms with Gasteiger partial charge in [-0.3, -0.25) is 9.48 Å². The highest BCUT2D eigenvalue weighted by Gasteiger charge is 2.18. The molecule has 1 aromatic carbocycles. The lowest BCUT2D eigenvalue weighted by atomic mass is 10.1. The summed E-state index contributed by atoms with van der Waals surface area (Å²) in [6, 6.07) is 8.01. The lowest BCUT2D eigenvalue weighted by Gasteiger charge is -2.09. The van der Waals surface area contributed by atoms with Crippen LogP contribution in [-0.4, -0.2) is 42.5 Å². The summed E-state index contributed by atoms with van der Waals surface area (Å²) in [6.45, 7) is 2.87. The maximum absolute atomic E-state index is 11.4. The van der Waals surface area contributed by atoms with E-state index in [2.05, 4.69) is 21.8 Å². The second-order valence-corrected chi connectivity index (χ2v) is 5.25. The van der Waals surface area contributed by atoms with Gasteiger partial charge in [0.05, 0.1) is 31.9 Å². The van der Waals surface area contributed by atoms with Crippen LogP contribution in [0.4, 0.5) is 5.69 Å². The fourth-order valence-electron chi connectivity index (χ4n) is 2.57. The molecule has 0 fully saturated rings. The third-order valence-electron chi connectivity index (χ3n) is 3.69. The number of amides is 1. The Morgan fingerprint density at radius 1 is 1.35 bits per heavy atom. The second kappa shape index (κ2) is 8.10. The highest BCUT2D eigenvalue weighted by Crippen LogP contribution is 2.28. The van der Waals surface area contributed by atoms with Crippen molar-refractivity contribution in [3.63, 3.8) is 0 Å². The summed E-state index contributed by atoms with van der Waals surface area (Å²) in [5.41, 5.74) is 4.07. The van der Waals surface area contributed by atoms with Crippen LogP contribution in [-0.2, 0) is 22.5 Å². The Morgan fingerprint density at radius 2 is 2.22 bits per heavy atom. The average molecular weight is 337 g/mol. The first-order chi connectivity index (χ1) is 10.8. The minimum Gasteiger partial charge on any atom is -0.378 e. The van der Waals surface area contributed by atoms with E-state index in [1.54, 1.807) is 6.20 Å². The molecule has 6 nitrogen and oxygen atoms in total.